The van der Waals surface area contributed by atoms with Gasteiger partial charge in [-0.25, -0.2) is 0 Å². The highest BCUT2D eigenvalue weighted by molar-refractivity contribution is 7.80. The molecule has 0 saturated carbocycles. The fourth-order valence-corrected chi connectivity index (χ4v) is 13.7. The number of hydrogen-bond acceptors (Lipinski definition) is 1. The molecule has 2 aromatic heterocycles. The van der Waals surface area contributed by atoms with Crippen LogP contribution in [-0.2, 0) is 6.42 Å². The highest BCUT2D eigenvalue weighted by atomic mass is 32.1. The number of nitrogens with zero attached hydrogens (tertiary/aromatic N) is 2. The van der Waals surface area contributed by atoms with Crippen molar-refractivity contribution in [1.82, 2.24) is 9.13 Å². The first-order valence-electron chi connectivity index (χ1n) is 25.7. The van der Waals surface area contributed by atoms with Crippen LogP contribution in [0.5, 0.6) is 0 Å². The summed E-state index contributed by atoms with van der Waals surface area (Å²) in [5, 5.41) is 9.10. The Balaban J connectivity index is 0.00000136. The predicted octanol–water partition coefficient (Wildman–Crippen LogP) is 17.8. The lowest BCUT2D eigenvalue weighted by Crippen LogP contribution is -2.20. The van der Waals surface area contributed by atoms with Gasteiger partial charge in [0.15, 0.2) is 0 Å². The van der Waals surface area contributed by atoms with Crippen molar-refractivity contribution >= 4 is 80.1 Å². The minimum absolute atomic E-state index is 0.875. The third-order valence-corrected chi connectivity index (χ3v) is 16.9. The van der Waals surface area contributed by atoms with Gasteiger partial charge >= 0.3 is 0 Å². The molecule has 13 aromatic rings. The maximum absolute atomic E-state index is 3.53. The molecule has 11 aromatic carbocycles. The Morgan fingerprint density at radius 1 is 0.311 bits per heavy atom. The molecule has 0 saturated heterocycles. The smallest absolute Gasteiger partial charge is 0.0541 e. The topological polar surface area (TPSA) is 9.86 Å². The fraction of sp³-hybridized carbons (Fsp3) is 0.0571. The van der Waals surface area contributed by atoms with E-state index < -0.39 is 7.92 Å². The standard InChI is InChI=1S/C67H45N2P.C2H6.CH4S/c1-3-17-45(18-4-1)46-19-13-20-47(39-46)48-21-15-26-54(41-48)70(53-24-5-2-6-25-53)55-37-38-67-63(44-55)60-29-9-12-34-66(60)68(67)51-23-14-22-49(40-51)56-30-16-31-57-61-43-52(36-35-50(61)42-62(56)57)69-64-32-10-7-27-58(64)59-28-8-11-33-65(59)69;2*1-2/h1-41,43-44H,42H2;1-2H3;2H,1H3. The van der Waals surface area contributed by atoms with Gasteiger partial charge in [0, 0.05) is 32.9 Å². The molecule has 0 amide bonds. The Labute approximate surface area is 441 Å². The molecule has 0 radical (unpaired) electrons. The van der Waals surface area contributed by atoms with Crippen LogP contribution in [0.25, 0.3) is 99.5 Å². The maximum Gasteiger partial charge on any atom is 0.0541 e. The Bertz CT molecular complexity index is 4110. The van der Waals surface area contributed by atoms with Gasteiger partial charge in [-0.3, -0.25) is 0 Å². The van der Waals surface area contributed by atoms with Crippen molar-refractivity contribution < 1.29 is 0 Å². The Kier molecular flexibility index (Phi) is 12.9. The number of thiol groups is 1. The molecule has 0 aliphatic heterocycles. The summed E-state index contributed by atoms with van der Waals surface area (Å²) in [6.07, 6.45) is 2.60. The van der Waals surface area contributed by atoms with E-state index in [2.05, 4.69) is 283 Å². The van der Waals surface area contributed by atoms with Crippen LogP contribution in [0.1, 0.15) is 25.0 Å². The number of aromatic nitrogens is 2. The molecule has 1 aliphatic carbocycles. The van der Waals surface area contributed by atoms with Gasteiger partial charge in [0.2, 0.25) is 0 Å². The van der Waals surface area contributed by atoms with Gasteiger partial charge in [0.05, 0.1) is 22.1 Å². The van der Waals surface area contributed by atoms with Crippen LogP contribution in [0.2, 0.25) is 0 Å². The monoisotopic (exact) mass is 986 g/mol. The van der Waals surface area contributed by atoms with Crippen LogP contribution in [0, 0.1) is 0 Å². The summed E-state index contributed by atoms with van der Waals surface area (Å²) in [5.74, 6) is 0. The molecular formula is C70H55N2PS. The summed E-state index contributed by atoms with van der Waals surface area (Å²) in [7, 11) is -0.875. The molecular weight excluding hydrogens is 932 g/mol. The molecule has 2 heterocycles. The number of fused-ring (bicyclic) bond motifs is 9. The second-order valence-electron chi connectivity index (χ2n) is 18.5. The van der Waals surface area contributed by atoms with Crippen LogP contribution < -0.4 is 15.9 Å². The third kappa shape index (κ3) is 8.23. The number of hydrogen-bond donors (Lipinski definition) is 1. The Hall–Kier alpha value is -8.20. The van der Waals surface area contributed by atoms with Gasteiger partial charge in [-0.2, -0.15) is 12.6 Å². The zero-order chi connectivity index (χ0) is 50.1. The molecule has 1 aliphatic rings. The first-order chi connectivity index (χ1) is 36.7. The molecule has 0 spiro atoms. The summed E-state index contributed by atoms with van der Waals surface area (Å²) in [5.41, 5.74) is 20.1. The second-order valence-corrected chi connectivity index (χ2v) is 20.7. The molecule has 1 unspecified atom stereocenters. The first-order valence-corrected chi connectivity index (χ1v) is 27.9. The van der Waals surface area contributed by atoms with Crippen molar-refractivity contribution in [3.63, 3.8) is 0 Å². The van der Waals surface area contributed by atoms with Gasteiger partial charge in [-0.05, 0) is 159 Å². The predicted molar refractivity (Wildman–Crippen MR) is 325 cm³/mol. The van der Waals surface area contributed by atoms with Crippen molar-refractivity contribution in [3.8, 4) is 55.9 Å². The molecule has 4 heteroatoms. The molecule has 0 bridgehead atoms. The number of rotatable bonds is 8. The van der Waals surface area contributed by atoms with Crippen LogP contribution in [0.4, 0.5) is 0 Å². The Morgan fingerprint density at radius 3 is 1.47 bits per heavy atom. The lowest BCUT2D eigenvalue weighted by molar-refractivity contribution is 1.17. The molecule has 1 atom stereocenters. The van der Waals surface area contributed by atoms with Gasteiger partial charge in [0.25, 0.3) is 0 Å². The van der Waals surface area contributed by atoms with Crippen molar-refractivity contribution in [2.45, 2.75) is 20.3 Å². The van der Waals surface area contributed by atoms with Gasteiger partial charge in [0.1, 0.15) is 0 Å². The largest absolute Gasteiger partial charge is 0.309 e. The third-order valence-electron chi connectivity index (χ3n) is 14.5. The van der Waals surface area contributed by atoms with Gasteiger partial charge < -0.3 is 9.13 Å². The number of para-hydroxylation sites is 3. The molecule has 14 rings (SSSR count). The van der Waals surface area contributed by atoms with E-state index in [9.17, 15) is 0 Å². The van der Waals surface area contributed by atoms with Crippen molar-refractivity contribution in [3.05, 3.63) is 272 Å². The molecule has 0 N–H and O–H groups in total. The zero-order valence-corrected chi connectivity index (χ0v) is 43.6. The second kappa shape index (κ2) is 20.4. The quantitative estimate of drug-likeness (QED) is 0.115. The van der Waals surface area contributed by atoms with E-state index in [1.54, 1.807) is 6.26 Å². The average molecular weight is 987 g/mol. The van der Waals surface area contributed by atoms with E-state index in [4.69, 9.17) is 0 Å². The summed E-state index contributed by atoms with van der Waals surface area (Å²) in [4.78, 5) is 0. The minimum atomic E-state index is -0.875. The normalized spacial score (nSPS) is 11.9. The highest BCUT2D eigenvalue weighted by Crippen LogP contribution is 2.45. The SMILES string of the molecule is CC.CS.c1ccc(-c2cccc(-c3cccc(P(c4ccccc4)c4ccc5c(c4)c4ccccc4n5-c4cccc(-c5cccc6c5Cc5ccc(-n7c8ccccc8c8ccccc87)cc5-6)c4)c3)c2)cc1. The van der Waals surface area contributed by atoms with Crippen molar-refractivity contribution in [1.29, 1.82) is 0 Å². The van der Waals surface area contributed by atoms with Gasteiger partial charge in [-0.1, -0.05) is 208 Å². The van der Waals surface area contributed by atoms with Crippen LogP contribution in [0.3, 0.4) is 0 Å². The van der Waals surface area contributed by atoms with E-state index in [0.29, 0.717) is 0 Å². The van der Waals surface area contributed by atoms with E-state index in [1.807, 2.05) is 13.8 Å². The minimum Gasteiger partial charge on any atom is -0.309 e. The van der Waals surface area contributed by atoms with Crippen LogP contribution in [0.15, 0.2) is 261 Å². The zero-order valence-electron chi connectivity index (χ0n) is 41.8. The van der Waals surface area contributed by atoms with Crippen LogP contribution in [-0.4, -0.2) is 15.4 Å². The lowest BCUT2D eigenvalue weighted by atomic mass is 9.95. The highest BCUT2D eigenvalue weighted by Gasteiger charge is 2.25. The summed E-state index contributed by atoms with van der Waals surface area (Å²) < 4.78 is 4.90. The van der Waals surface area contributed by atoms with E-state index in [1.165, 1.54) is 121 Å². The molecule has 2 nitrogen and oxygen atoms in total. The lowest BCUT2D eigenvalue weighted by Gasteiger charge is -2.21. The molecule has 74 heavy (non-hydrogen) atoms. The van der Waals surface area contributed by atoms with E-state index in [0.717, 1.165) is 12.1 Å². The fourth-order valence-electron chi connectivity index (χ4n) is 11.3. The molecule has 356 valence electrons. The first kappa shape index (κ1) is 46.8. The summed E-state index contributed by atoms with van der Waals surface area (Å²) >= 11 is 3.53. The van der Waals surface area contributed by atoms with Crippen molar-refractivity contribution in [2.24, 2.45) is 0 Å². The molecule has 0 fully saturated rings. The van der Waals surface area contributed by atoms with E-state index >= 15 is 0 Å². The maximum atomic E-state index is 3.53. The Morgan fingerprint density at radius 2 is 0.784 bits per heavy atom. The van der Waals surface area contributed by atoms with E-state index in [-0.39, 0.29) is 0 Å². The van der Waals surface area contributed by atoms with Crippen molar-refractivity contribution in [2.75, 3.05) is 6.26 Å². The average Bonchev–Trinajstić information content (AvgIpc) is 4.16. The summed E-state index contributed by atoms with van der Waals surface area (Å²) in [6, 6.07) is 96.8. The number of benzene rings is 11. The summed E-state index contributed by atoms with van der Waals surface area (Å²) in [6.45, 7) is 4.00. The van der Waals surface area contributed by atoms with Crippen LogP contribution >= 0.6 is 20.6 Å². The van der Waals surface area contributed by atoms with Gasteiger partial charge in [-0.15, -0.1) is 0 Å².